The molecule has 0 atom stereocenters. The molecule has 0 aromatic carbocycles. The van der Waals surface area contributed by atoms with Crippen molar-refractivity contribution in [3.8, 4) is 0 Å². The number of nitrogens with one attached hydrogen (secondary N) is 1. The van der Waals surface area contributed by atoms with Crippen LogP contribution in [0.25, 0.3) is 0 Å². The lowest BCUT2D eigenvalue weighted by Crippen LogP contribution is -2.52. The molecule has 1 heterocycles. The Kier molecular flexibility index (Phi) is 2.07. The van der Waals surface area contributed by atoms with Crippen molar-refractivity contribution < 1.29 is 9.90 Å². The summed E-state index contributed by atoms with van der Waals surface area (Å²) in [6.07, 6.45) is 5.25. The van der Waals surface area contributed by atoms with Gasteiger partial charge in [-0.1, -0.05) is 0 Å². The predicted octanol–water partition coefficient (Wildman–Crippen LogP) is 0.896. The van der Waals surface area contributed by atoms with Crippen molar-refractivity contribution in [3.05, 3.63) is 18.6 Å². The molecule has 14 heavy (non-hydrogen) atoms. The van der Waals surface area contributed by atoms with E-state index >= 15 is 0 Å². The lowest BCUT2D eigenvalue weighted by molar-refractivity contribution is -0.145. The second-order valence-corrected chi connectivity index (χ2v) is 3.46. The van der Waals surface area contributed by atoms with E-state index in [1.807, 2.05) is 0 Å². The zero-order chi connectivity index (χ0) is 10.0. The molecule has 1 aliphatic carbocycles. The Morgan fingerprint density at radius 1 is 1.57 bits per heavy atom. The smallest absolute Gasteiger partial charge is 0.329 e. The van der Waals surface area contributed by atoms with Gasteiger partial charge >= 0.3 is 5.97 Å². The second kappa shape index (κ2) is 3.25. The van der Waals surface area contributed by atoms with Crippen molar-refractivity contribution in [2.75, 3.05) is 5.32 Å². The average molecular weight is 193 g/mol. The molecule has 74 valence electrons. The lowest BCUT2D eigenvalue weighted by atomic mass is 9.77. The van der Waals surface area contributed by atoms with Gasteiger partial charge in [0.1, 0.15) is 17.7 Å². The minimum absolute atomic E-state index is 0.571. The van der Waals surface area contributed by atoms with E-state index in [4.69, 9.17) is 5.11 Å². The van der Waals surface area contributed by atoms with Crippen molar-refractivity contribution in [1.29, 1.82) is 0 Å². The van der Waals surface area contributed by atoms with Gasteiger partial charge in [-0.3, -0.25) is 0 Å². The highest BCUT2D eigenvalue weighted by Gasteiger charge is 2.44. The fourth-order valence-electron chi connectivity index (χ4n) is 1.53. The first-order valence-electron chi connectivity index (χ1n) is 4.51. The second-order valence-electron chi connectivity index (χ2n) is 3.46. The Labute approximate surface area is 81.2 Å². The highest BCUT2D eigenvalue weighted by molar-refractivity contribution is 5.83. The Morgan fingerprint density at radius 3 is 2.79 bits per heavy atom. The van der Waals surface area contributed by atoms with Crippen LogP contribution >= 0.6 is 0 Å². The number of carboxylic acids is 1. The molecule has 1 aromatic rings. The van der Waals surface area contributed by atoms with Crippen LogP contribution in [0.15, 0.2) is 18.6 Å². The van der Waals surface area contributed by atoms with Gasteiger partial charge in [0.05, 0.1) is 0 Å². The molecule has 0 radical (unpaired) electrons. The van der Waals surface area contributed by atoms with Crippen LogP contribution in [0.4, 0.5) is 5.82 Å². The lowest BCUT2D eigenvalue weighted by Gasteiger charge is -2.38. The molecule has 0 spiro atoms. The van der Waals surface area contributed by atoms with Gasteiger partial charge < -0.3 is 10.4 Å². The van der Waals surface area contributed by atoms with Gasteiger partial charge in [-0.25, -0.2) is 14.8 Å². The molecule has 1 fully saturated rings. The van der Waals surface area contributed by atoms with E-state index in [-0.39, 0.29) is 0 Å². The normalized spacial score (nSPS) is 18.3. The third-order valence-electron chi connectivity index (χ3n) is 2.57. The van der Waals surface area contributed by atoms with Gasteiger partial charge in [-0.2, -0.15) is 0 Å². The van der Waals surface area contributed by atoms with Crippen LogP contribution in [-0.2, 0) is 4.79 Å². The number of anilines is 1. The van der Waals surface area contributed by atoms with Gasteiger partial charge in [0.25, 0.3) is 0 Å². The molecule has 5 nitrogen and oxygen atoms in total. The van der Waals surface area contributed by atoms with Gasteiger partial charge in [0, 0.05) is 6.20 Å². The minimum atomic E-state index is -0.803. The zero-order valence-corrected chi connectivity index (χ0v) is 7.60. The van der Waals surface area contributed by atoms with E-state index in [0.29, 0.717) is 18.7 Å². The zero-order valence-electron chi connectivity index (χ0n) is 7.60. The van der Waals surface area contributed by atoms with Gasteiger partial charge in [-0.15, -0.1) is 0 Å². The van der Waals surface area contributed by atoms with Crippen LogP contribution < -0.4 is 5.32 Å². The number of carbonyl (C=O) groups is 1. The van der Waals surface area contributed by atoms with Gasteiger partial charge in [0.2, 0.25) is 0 Å². The minimum Gasteiger partial charge on any atom is -0.480 e. The molecule has 0 unspecified atom stereocenters. The summed E-state index contributed by atoms with van der Waals surface area (Å²) in [7, 11) is 0. The summed E-state index contributed by atoms with van der Waals surface area (Å²) in [5.74, 6) is -0.232. The first kappa shape index (κ1) is 8.93. The molecule has 1 aliphatic rings. The third-order valence-corrected chi connectivity index (χ3v) is 2.57. The van der Waals surface area contributed by atoms with Crippen LogP contribution in [0.2, 0.25) is 0 Å². The fourth-order valence-corrected chi connectivity index (χ4v) is 1.53. The number of hydrogen-bond donors (Lipinski definition) is 2. The predicted molar refractivity (Wildman–Crippen MR) is 49.9 cm³/mol. The van der Waals surface area contributed by atoms with Crippen LogP contribution in [0.1, 0.15) is 19.3 Å². The van der Waals surface area contributed by atoms with Crippen LogP contribution in [-0.4, -0.2) is 26.6 Å². The standard InChI is InChI=1S/C9H11N3O2/c13-8(14)9(3-1-4-9)12-7-2-5-10-6-11-7/h2,5-6H,1,3-4H2,(H,13,14)(H,10,11,12). The van der Waals surface area contributed by atoms with Crippen LogP contribution in [0.3, 0.4) is 0 Å². The summed E-state index contributed by atoms with van der Waals surface area (Å²) in [6, 6.07) is 1.67. The molecular formula is C9H11N3O2. The summed E-state index contributed by atoms with van der Waals surface area (Å²) in [5, 5.41) is 12.0. The molecule has 2 rings (SSSR count). The molecule has 1 aromatic heterocycles. The first-order chi connectivity index (χ1) is 6.73. The highest BCUT2D eigenvalue weighted by Crippen LogP contribution is 2.34. The maximum absolute atomic E-state index is 11.0. The molecule has 0 saturated heterocycles. The van der Waals surface area contributed by atoms with Crippen molar-refractivity contribution in [2.45, 2.75) is 24.8 Å². The number of rotatable bonds is 3. The maximum atomic E-state index is 11.0. The average Bonchev–Trinajstić information content (AvgIpc) is 2.12. The van der Waals surface area contributed by atoms with Crippen LogP contribution in [0, 0.1) is 0 Å². The molecule has 2 N–H and O–H groups in total. The monoisotopic (exact) mass is 193 g/mol. The molecule has 0 amide bonds. The number of nitrogens with zero attached hydrogens (tertiary/aromatic N) is 2. The number of hydrogen-bond acceptors (Lipinski definition) is 4. The Morgan fingerprint density at radius 2 is 2.36 bits per heavy atom. The van der Waals surface area contributed by atoms with Gasteiger partial charge in [-0.05, 0) is 25.3 Å². The number of aliphatic carboxylic acids is 1. The number of aromatic nitrogens is 2. The van der Waals surface area contributed by atoms with Crippen molar-refractivity contribution >= 4 is 11.8 Å². The van der Waals surface area contributed by atoms with Crippen molar-refractivity contribution in [1.82, 2.24) is 9.97 Å². The van der Waals surface area contributed by atoms with E-state index in [9.17, 15) is 4.79 Å². The highest BCUT2D eigenvalue weighted by atomic mass is 16.4. The van der Waals surface area contributed by atoms with E-state index in [1.54, 1.807) is 12.3 Å². The molecule has 0 aliphatic heterocycles. The summed E-state index contributed by atoms with van der Waals surface area (Å²) in [4.78, 5) is 18.7. The van der Waals surface area contributed by atoms with E-state index < -0.39 is 11.5 Å². The summed E-state index contributed by atoms with van der Waals surface area (Å²) >= 11 is 0. The first-order valence-corrected chi connectivity index (χ1v) is 4.51. The van der Waals surface area contributed by atoms with E-state index in [0.717, 1.165) is 6.42 Å². The largest absolute Gasteiger partial charge is 0.480 e. The maximum Gasteiger partial charge on any atom is 0.329 e. The Hall–Kier alpha value is -1.65. The SMILES string of the molecule is O=C(O)C1(Nc2ccncn2)CCC1. The quantitative estimate of drug-likeness (QED) is 0.745. The van der Waals surface area contributed by atoms with E-state index in [1.165, 1.54) is 6.33 Å². The fraction of sp³-hybridized carbons (Fsp3) is 0.444. The van der Waals surface area contributed by atoms with Crippen molar-refractivity contribution in [2.24, 2.45) is 0 Å². The molecule has 0 bridgehead atoms. The topological polar surface area (TPSA) is 75.1 Å². The summed E-state index contributed by atoms with van der Waals surface area (Å²) < 4.78 is 0. The summed E-state index contributed by atoms with van der Waals surface area (Å²) in [6.45, 7) is 0. The third kappa shape index (κ3) is 1.41. The Bertz CT molecular complexity index is 335. The molecular weight excluding hydrogens is 182 g/mol. The van der Waals surface area contributed by atoms with Crippen LogP contribution in [0.5, 0.6) is 0 Å². The molecule has 1 saturated carbocycles. The van der Waals surface area contributed by atoms with E-state index in [2.05, 4.69) is 15.3 Å². The van der Waals surface area contributed by atoms with Crippen molar-refractivity contribution in [3.63, 3.8) is 0 Å². The number of carboxylic acid groups (broad SMARTS) is 1. The van der Waals surface area contributed by atoms with Gasteiger partial charge in [0.15, 0.2) is 0 Å². The summed E-state index contributed by atoms with van der Waals surface area (Å²) in [5.41, 5.74) is -0.797. The molecule has 5 heteroatoms. The Balaban J connectivity index is 2.13.